The maximum Gasteiger partial charge on any atom is 0.409 e. The molecule has 31 heavy (non-hydrogen) atoms. The first kappa shape index (κ1) is 21.7. The Kier molecular flexibility index (Phi) is 6.83. The van der Waals surface area contributed by atoms with Crippen molar-refractivity contribution in [3.63, 3.8) is 0 Å². The number of benzene rings is 2. The minimum Gasteiger partial charge on any atom is -0.450 e. The molecule has 0 atom stereocenters. The van der Waals surface area contributed by atoms with Crippen LogP contribution in [0.2, 0.25) is 5.02 Å². The van der Waals surface area contributed by atoms with Crippen LogP contribution in [0.4, 0.5) is 4.79 Å². The third-order valence-corrected chi connectivity index (χ3v) is 6.82. The van der Waals surface area contributed by atoms with E-state index < -0.39 is 0 Å². The Morgan fingerprint density at radius 2 is 1.87 bits per heavy atom. The number of carbonyl (C=O) groups excluding carboxylic acids is 1. The summed E-state index contributed by atoms with van der Waals surface area (Å²) in [5, 5.41) is 1.99. The van der Waals surface area contributed by atoms with Crippen LogP contribution in [0.5, 0.6) is 0 Å². The van der Waals surface area contributed by atoms with Crippen molar-refractivity contribution in [2.45, 2.75) is 36.7 Å². The van der Waals surface area contributed by atoms with Gasteiger partial charge in [-0.05, 0) is 43.5 Å². The zero-order valence-corrected chi connectivity index (χ0v) is 18.9. The summed E-state index contributed by atoms with van der Waals surface area (Å²) in [6, 6.07) is 15.1. The lowest BCUT2D eigenvalue weighted by Crippen LogP contribution is -2.41. The molecule has 0 unspecified atom stereocenters. The number of hydrogen-bond donors (Lipinski definition) is 0. The molecule has 8 heteroatoms. The standard InChI is InChI=1S/C23H24ClN3O3S/c1-2-30-23(29)26-13-11-17(12-14-26)27-21(28)18-8-4-6-10-20(18)25-22(27)31-15-16-7-3-5-9-19(16)24/h3-10,17H,2,11-15H2,1H3. The van der Waals surface area contributed by atoms with Crippen LogP contribution in [-0.2, 0) is 10.5 Å². The molecule has 1 fully saturated rings. The molecule has 6 nitrogen and oxygen atoms in total. The van der Waals surface area contributed by atoms with Gasteiger partial charge in [0.25, 0.3) is 5.56 Å². The summed E-state index contributed by atoms with van der Waals surface area (Å²) in [4.78, 5) is 32.0. The third-order valence-electron chi connectivity index (χ3n) is 5.45. The molecule has 162 valence electrons. The van der Waals surface area contributed by atoms with Gasteiger partial charge in [-0.1, -0.05) is 53.7 Å². The number of halogens is 1. The number of carbonyl (C=O) groups is 1. The molecular formula is C23H24ClN3O3S. The smallest absolute Gasteiger partial charge is 0.409 e. The molecule has 1 amide bonds. The van der Waals surface area contributed by atoms with Gasteiger partial charge < -0.3 is 9.64 Å². The van der Waals surface area contributed by atoms with Gasteiger partial charge in [-0.2, -0.15) is 0 Å². The zero-order chi connectivity index (χ0) is 21.8. The first-order valence-electron chi connectivity index (χ1n) is 10.4. The number of para-hydroxylation sites is 1. The molecule has 0 aliphatic carbocycles. The van der Waals surface area contributed by atoms with Crippen molar-refractivity contribution in [1.82, 2.24) is 14.5 Å². The van der Waals surface area contributed by atoms with Crippen LogP contribution in [0.3, 0.4) is 0 Å². The summed E-state index contributed by atoms with van der Waals surface area (Å²) in [6.07, 6.45) is 1.06. The van der Waals surface area contributed by atoms with Crippen LogP contribution >= 0.6 is 23.4 Å². The molecule has 0 bridgehead atoms. The van der Waals surface area contributed by atoms with Crippen LogP contribution in [0.1, 0.15) is 31.4 Å². The fraction of sp³-hybridized carbons (Fsp3) is 0.348. The topological polar surface area (TPSA) is 64.4 Å². The van der Waals surface area contributed by atoms with Crippen molar-refractivity contribution < 1.29 is 9.53 Å². The number of rotatable bonds is 5. The molecule has 1 aliphatic heterocycles. The number of amides is 1. The summed E-state index contributed by atoms with van der Waals surface area (Å²) in [7, 11) is 0. The van der Waals surface area contributed by atoms with Crippen LogP contribution in [0.15, 0.2) is 58.5 Å². The van der Waals surface area contributed by atoms with Crippen molar-refractivity contribution >= 4 is 40.4 Å². The van der Waals surface area contributed by atoms with Gasteiger partial charge in [0, 0.05) is 29.9 Å². The number of aromatic nitrogens is 2. The van der Waals surface area contributed by atoms with Crippen molar-refractivity contribution in [3.8, 4) is 0 Å². The summed E-state index contributed by atoms with van der Waals surface area (Å²) in [6.45, 7) is 3.26. The number of hydrogen-bond acceptors (Lipinski definition) is 5. The molecule has 0 N–H and O–H groups in total. The normalized spacial score (nSPS) is 14.7. The molecule has 1 aliphatic rings. The quantitative estimate of drug-likeness (QED) is 0.392. The van der Waals surface area contributed by atoms with Gasteiger partial charge >= 0.3 is 6.09 Å². The predicted octanol–water partition coefficient (Wildman–Crippen LogP) is 5.14. The second kappa shape index (κ2) is 9.75. The number of ether oxygens (including phenoxy) is 1. The Hall–Kier alpha value is -2.51. The minimum atomic E-state index is -0.293. The largest absolute Gasteiger partial charge is 0.450 e. The van der Waals surface area contributed by atoms with E-state index in [0.717, 1.165) is 5.56 Å². The van der Waals surface area contributed by atoms with E-state index in [-0.39, 0.29) is 17.7 Å². The van der Waals surface area contributed by atoms with E-state index in [0.29, 0.717) is 59.4 Å². The van der Waals surface area contributed by atoms with Gasteiger partial charge in [0.1, 0.15) is 0 Å². The predicted molar refractivity (Wildman–Crippen MR) is 124 cm³/mol. The first-order valence-corrected chi connectivity index (χ1v) is 11.7. The molecule has 4 rings (SSSR count). The molecule has 0 spiro atoms. The molecule has 2 aromatic carbocycles. The molecule has 0 radical (unpaired) electrons. The van der Waals surface area contributed by atoms with Crippen molar-refractivity contribution in [3.05, 3.63) is 69.5 Å². The van der Waals surface area contributed by atoms with Crippen molar-refractivity contribution in [1.29, 1.82) is 0 Å². The number of thioether (sulfide) groups is 1. The highest BCUT2D eigenvalue weighted by atomic mass is 35.5. The van der Waals surface area contributed by atoms with Crippen LogP contribution in [0, 0.1) is 0 Å². The summed E-state index contributed by atoms with van der Waals surface area (Å²) >= 11 is 7.84. The Labute approximate surface area is 190 Å². The second-order valence-electron chi connectivity index (χ2n) is 7.38. The van der Waals surface area contributed by atoms with E-state index in [4.69, 9.17) is 21.3 Å². The van der Waals surface area contributed by atoms with Crippen LogP contribution in [-0.4, -0.2) is 40.2 Å². The van der Waals surface area contributed by atoms with Gasteiger partial charge in [0.15, 0.2) is 5.16 Å². The Bertz CT molecular complexity index is 1140. The maximum absolute atomic E-state index is 13.4. The highest BCUT2D eigenvalue weighted by Gasteiger charge is 2.27. The summed E-state index contributed by atoms with van der Waals surface area (Å²) in [5.41, 5.74) is 1.65. The highest BCUT2D eigenvalue weighted by molar-refractivity contribution is 7.98. The minimum absolute atomic E-state index is 0.0240. The van der Waals surface area contributed by atoms with Gasteiger partial charge in [0.2, 0.25) is 0 Å². The van der Waals surface area contributed by atoms with Gasteiger partial charge in [0.05, 0.1) is 17.5 Å². The fourth-order valence-corrected chi connectivity index (χ4v) is 5.18. The average Bonchev–Trinajstić information content (AvgIpc) is 2.79. The lowest BCUT2D eigenvalue weighted by Gasteiger charge is -2.33. The second-order valence-corrected chi connectivity index (χ2v) is 8.73. The van der Waals surface area contributed by atoms with E-state index in [1.807, 2.05) is 53.1 Å². The molecule has 1 saturated heterocycles. The highest BCUT2D eigenvalue weighted by Crippen LogP contribution is 2.30. The maximum atomic E-state index is 13.4. The molecule has 3 aromatic rings. The van der Waals surface area contributed by atoms with Gasteiger partial charge in [-0.25, -0.2) is 9.78 Å². The van der Waals surface area contributed by atoms with Gasteiger partial charge in [-0.15, -0.1) is 0 Å². The van der Waals surface area contributed by atoms with E-state index in [2.05, 4.69) is 0 Å². The molecule has 1 aromatic heterocycles. The molecule has 2 heterocycles. The van der Waals surface area contributed by atoms with E-state index >= 15 is 0 Å². The SMILES string of the molecule is CCOC(=O)N1CCC(n2c(SCc3ccccc3Cl)nc3ccccc3c2=O)CC1. The number of fused-ring (bicyclic) bond motifs is 1. The van der Waals surface area contributed by atoms with Crippen molar-refractivity contribution in [2.75, 3.05) is 19.7 Å². The third kappa shape index (κ3) is 4.72. The number of likely N-dealkylation sites (tertiary alicyclic amines) is 1. The summed E-state index contributed by atoms with van der Waals surface area (Å²) < 4.78 is 6.93. The van der Waals surface area contributed by atoms with E-state index in [9.17, 15) is 9.59 Å². The van der Waals surface area contributed by atoms with Gasteiger partial charge in [-0.3, -0.25) is 9.36 Å². The molecule has 0 saturated carbocycles. The number of nitrogens with zero attached hydrogens (tertiary/aromatic N) is 3. The zero-order valence-electron chi connectivity index (χ0n) is 17.3. The number of piperidine rings is 1. The Morgan fingerprint density at radius 1 is 1.16 bits per heavy atom. The average molecular weight is 458 g/mol. The lowest BCUT2D eigenvalue weighted by atomic mass is 10.0. The van der Waals surface area contributed by atoms with Crippen LogP contribution in [0.25, 0.3) is 10.9 Å². The first-order chi connectivity index (χ1) is 15.1. The lowest BCUT2D eigenvalue weighted by molar-refractivity contribution is 0.0915. The Balaban J connectivity index is 1.64. The molecular weight excluding hydrogens is 434 g/mol. The van der Waals surface area contributed by atoms with Crippen molar-refractivity contribution in [2.24, 2.45) is 0 Å². The summed E-state index contributed by atoms with van der Waals surface area (Å²) in [5.74, 6) is 0.617. The van der Waals surface area contributed by atoms with E-state index in [1.165, 1.54) is 11.8 Å². The fourth-order valence-electron chi connectivity index (χ4n) is 3.83. The van der Waals surface area contributed by atoms with Crippen LogP contribution < -0.4 is 5.56 Å². The Morgan fingerprint density at radius 3 is 2.61 bits per heavy atom. The van der Waals surface area contributed by atoms with E-state index in [1.54, 1.807) is 11.8 Å². The monoisotopic (exact) mass is 457 g/mol.